The average molecular weight is 336 g/mol. The van der Waals surface area contributed by atoms with Crippen LogP contribution in [0.5, 0.6) is 0 Å². The van der Waals surface area contributed by atoms with E-state index in [2.05, 4.69) is 10.5 Å². The summed E-state index contributed by atoms with van der Waals surface area (Å²) in [7, 11) is 0. The third kappa shape index (κ3) is 3.61. The second-order valence-electron chi connectivity index (χ2n) is 5.35. The Morgan fingerprint density at radius 2 is 1.96 bits per heavy atom. The van der Waals surface area contributed by atoms with Crippen LogP contribution in [0.15, 0.2) is 4.52 Å². The molecule has 0 spiro atoms. The highest BCUT2D eigenvalue weighted by atomic mass is 32.1. The number of hydrogen-bond donors (Lipinski definition) is 2. The first kappa shape index (κ1) is 17.2. The number of aromatic nitrogens is 1. The second-order valence-corrected chi connectivity index (χ2v) is 6.58. The molecule has 124 valence electrons. The summed E-state index contributed by atoms with van der Waals surface area (Å²) in [6, 6.07) is 0. The van der Waals surface area contributed by atoms with Gasteiger partial charge in [0.15, 0.2) is 0 Å². The number of carboxylic acids is 1. The third-order valence-electron chi connectivity index (χ3n) is 3.81. The van der Waals surface area contributed by atoms with Gasteiger partial charge in [0.05, 0.1) is 11.3 Å². The lowest BCUT2D eigenvalue weighted by molar-refractivity contribution is -0.116. The minimum atomic E-state index is -1.01. The van der Waals surface area contributed by atoms with Crippen LogP contribution in [0.3, 0.4) is 0 Å². The number of anilines is 1. The highest BCUT2D eigenvalue weighted by Gasteiger charge is 2.22. The predicted octanol–water partition coefficient (Wildman–Crippen LogP) is 3.49. The van der Waals surface area contributed by atoms with Crippen molar-refractivity contribution in [3.63, 3.8) is 0 Å². The molecule has 23 heavy (non-hydrogen) atoms. The van der Waals surface area contributed by atoms with Gasteiger partial charge in [-0.25, -0.2) is 4.79 Å². The number of amides is 1. The van der Waals surface area contributed by atoms with Gasteiger partial charge in [-0.15, -0.1) is 11.3 Å². The average Bonchev–Trinajstić information content (AvgIpc) is 2.96. The van der Waals surface area contributed by atoms with Gasteiger partial charge in [-0.1, -0.05) is 12.1 Å². The Labute approximate surface area is 138 Å². The van der Waals surface area contributed by atoms with E-state index < -0.39 is 5.97 Å². The molecular weight excluding hydrogens is 316 g/mol. The molecule has 2 heterocycles. The monoisotopic (exact) mass is 336 g/mol. The zero-order valence-electron chi connectivity index (χ0n) is 13.6. The van der Waals surface area contributed by atoms with Crippen LogP contribution in [-0.4, -0.2) is 22.1 Å². The molecular formula is C16H20N2O4S. The number of thiophene rings is 1. The van der Waals surface area contributed by atoms with E-state index in [1.54, 1.807) is 0 Å². The summed E-state index contributed by atoms with van der Waals surface area (Å²) in [6.45, 7) is 7.42. The third-order valence-corrected chi connectivity index (χ3v) is 4.88. The number of carbonyl (C=O) groups excluding carboxylic acids is 1. The lowest BCUT2D eigenvalue weighted by Crippen LogP contribution is -2.14. The molecule has 1 amide bonds. The number of nitrogens with one attached hydrogen (secondary N) is 1. The van der Waals surface area contributed by atoms with Crippen molar-refractivity contribution in [2.75, 3.05) is 5.32 Å². The summed E-state index contributed by atoms with van der Waals surface area (Å²) < 4.78 is 5.07. The van der Waals surface area contributed by atoms with Gasteiger partial charge in [-0.2, -0.15) is 0 Å². The molecule has 0 radical (unpaired) electrons. The van der Waals surface area contributed by atoms with Crippen molar-refractivity contribution in [3.8, 4) is 0 Å². The minimum absolute atomic E-state index is 0.209. The molecule has 0 bridgehead atoms. The lowest BCUT2D eigenvalue weighted by atomic mass is 10.1. The van der Waals surface area contributed by atoms with Crippen LogP contribution >= 0.6 is 11.3 Å². The summed E-state index contributed by atoms with van der Waals surface area (Å²) in [5.74, 6) is -0.509. The van der Waals surface area contributed by atoms with Crippen molar-refractivity contribution >= 4 is 28.2 Å². The number of carbonyl (C=O) groups is 2. The Kier molecular flexibility index (Phi) is 5.20. The number of rotatable bonds is 6. The number of hydrogen-bond acceptors (Lipinski definition) is 5. The molecule has 2 aromatic heterocycles. The van der Waals surface area contributed by atoms with Gasteiger partial charge < -0.3 is 14.9 Å². The van der Waals surface area contributed by atoms with Gasteiger partial charge >= 0.3 is 5.97 Å². The van der Waals surface area contributed by atoms with Gasteiger partial charge in [-0.3, -0.25) is 4.79 Å². The van der Waals surface area contributed by atoms with E-state index in [-0.39, 0.29) is 17.9 Å². The first-order chi connectivity index (χ1) is 10.8. The van der Waals surface area contributed by atoms with Crippen molar-refractivity contribution in [2.24, 2.45) is 0 Å². The normalized spacial score (nSPS) is 10.8. The molecule has 0 atom stereocenters. The Morgan fingerprint density at radius 1 is 1.26 bits per heavy atom. The number of carboxylic acid groups (broad SMARTS) is 1. The van der Waals surface area contributed by atoms with Crippen LogP contribution in [-0.2, 0) is 17.6 Å². The Hall–Kier alpha value is -2.15. The molecule has 2 N–H and O–H groups in total. The van der Waals surface area contributed by atoms with Crippen LogP contribution in [0.2, 0.25) is 0 Å². The maximum atomic E-state index is 12.2. The van der Waals surface area contributed by atoms with Crippen LogP contribution in [0, 0.1) is 20.8 Å². The van der Waals surface area contributed by atoms with E-state index >= 15 is 0 Å². The largest absolute Gasteiger partial charge is 0.478 e. The maximum Gasteiger partial charge on any atom is 0.339 e. The van der Waals surface area contributed by atoms with E-state index in [1.807, 2.05) is 27.7 Å². The summed E-state index contributed by atoms with van der Waals surface area (Å²) in [6.07, 6.45) is 1.39. The van der Waals surface area contributed by atoms with E-state index in [4.69, 9.17) is 4.52 Å². The van der Waals surface area contributed by atoms with E-state index in [9.17, 15) is 14.7 Å². The van der Waals surface area contributed by atoms with Crippen molar-refractivity contribution < 1.29 is 19.2 Å². The Balaban J connectivity index is 2.10. The van der Waals surface area contributed by atoms with E-state index in [0.29, 0.717) is 23.6 Å². The molecule has 2 aromatic rings. The van der Waals surface area contributed by atoms with Gasteiger partial charge in [-0.05, 0) is 39.2 Å². The molecule has 0 aliphatic heterocycles. The molecule has 2 rings (SSSR count). The molecule has 0 unspecified atom stereocenters. The van der Waals surface area contributed by atoms with Crippen LogP contribution in [0.1, 0.15) is 51.2 Å². The lowest BCUT2D eigenvalue weighted by Gasteiger charge is -2.05. The molecule has 0 fully saturated rings. The second kappa shape index (κ2) is 6.95. The fraction of sp³-hybridized carbons (Fsp3) is 0.438. The number of aromatic carboxylic acids is 1. The fourth-order valence-corrected chi connectivity index (χ4v) is 3.76. The molecule has 0 aromatic carbocycles. The van der Waals surface area contributed by atoms with Crippen molar-refractivity contribution in [3.05, 3.63) is 33.0 Å². The molecule has 0 aliphatic carbocycles. The SMILES string of the molecule is CCc1c(C)sc(NC(=O)CCc2c(C)noc2C)c1C(=O)O. The quantitative estimate of drug-likeness (QED) is 0.842. The summed E-state index contributed by atoms with van der Waals surface area (Å²) in [5, 5.41) is 16.4. The van der Waals surface area contributed by atoms with E-state index in [0.717, 1.165) is 21.7 Å². The topological polar surface area (TPSA) is 92.4 Å². The molecule has 0 saturated heterocycles. The molecule has 0 saturated carbocycles. The zero-order chi connectivity index (χ0) is 17.1. The van der Waals surface area contributed by atoms with Crippen molar-refractivity contribution in [2.45, 2.75) is 47.0 Å². The molecule has 0 aliphatic rings. The first-order valence-corrected chi connectivity index (χ1v) is 8.23. The van der Waals surface area contributed by atoms with E-state index in [1.165, 1.54) is 11.3 Å². The van der Waals surface area contributed by atoms with Gasteiger partial charge in [0, 0.05) is 16.9 Å². The molecule has 6 nitrogen and oxygen atoms in total. The van der Waals surface area contributed by atoms with Crippen molar-refractivity contribution in [1.29, 1.82) is 0 Å². The number of nitrogens with zero attached hydrogens (tertiary/aromatic N) is 1. The number of aryl methyl sites for hydroxylation is 3. The zero-order valence-corrected chi connectivity index (χ0v) is 14.5. The Morgan fingerprint density at radius 3 is 2.48 bits per heavy atom. The highest BCUT2D eigenvalue weighted by molar-refractivity contribution is 7.16. The molecule has 7 heteroatoms. The summed E-state index contributed by atoms with van der Waals surface area (Å²) >= 11 is 1.31. The summed E-state index contributed by atoms with van der Waals surface area (Å²) in [5.41, 5.74) is 2.70. The highest BCUT2D eigenvalue weighted by Crippen LogP contribution is 2.33. The minimum Gasteiger partial charge on any atom is -0.478 e. The van der Waals surface area contributed by atoms with Gasteiger partial charge in [0.1, 0.15) is 10.8 Å². The first-order valence-electron chi connectivity index (χ1n) is 7.42. The maximum absolute atomic E-state index is 12.2. The van der Waals surface area contributed by atoms with Crippen molar-refractivity contribution in [1.82, 2.24) is 5.16 Å². The Bertz CT molecular complexity index is 726. The summed E-state index contributed by atoms with van der Waals surface area (Å²) in [4.78, 5) is 24.6. The fourth-order valence-electron chi connectivity index (χ4n) is 2.61. The predicted molar refractivity (Wildman–Crippen MR) is 88.3 cm³/mol. The van der Waals surface area contributed by atoms with Crippen LogP contribution < -0.4 is 5.32 Å². The standard InChI is InChI=1S/C16H20N2O4S/c1-5-11-10(4)23-15(14(11)16(20)21)17-13(19)7-6-12-8(2)18-22-9(12)3/h5-7H2,1-4H3,(H,17,19)(H,20,21). The van der Waals surface area contributed by atoms with Crippen LogP contribution in [0.25, 0.3) is 0 Å². The van der Waals surface area contributed by atoms with Gasteiger partial charge in [0.2, 0.25) is 5.91 Å². The van der Waals surface area contributed by atoms with Gasteiger partial charge in [0.25, 0.3) is 0 Å². The smallest absolute Gasteiger partial charge is 0.339 e. The van der Waals surface area contributed by atoms with Crippen LogP contribution in [0.4, 0.5) is 5.00 Å².